The highest BCUT2D eigenvalue weighted by Crippen LogP contribution is 2.62. The number of allylic oxidation sites excluding steroid dienone is 4. The molecule has 3 aliphatic rings. The van der Waals surface area contributed by atoms with Crippen LogP contribution in [0.4, 0.5) is 11.4 Å². The van der Waals surface area contributed by atoms with Crippen LogP contribution in [0.2, 0.25) is 0 Å². The Morgan fingerprint density at radius 3 is 1.89 bits per heavy atom. The highest BCUT2D eigenvalue weighted by atomic mass is 16.5. The fraction of sp³-hybridized carbons (Fsp3) is 0.0847. The minimum atomic E-state index is -0.613. The van der Waals surface area contributed by atoms with Gasteiger partial charge >= 0.3 is 0 Å². The van der Waals surface area contributed by atoms with Crippen molar-refractivity contribution in [2.45, 2.75) is 31.6 Å². The molecule has 296 valence electrons. The second kappa shape index (κ2) is 13.4. The molecule has 0 saturated carbocycles. The number of rotatable bonds is 6. The van der Waals surface area contributed by atoms with E-state index in [1.165, 1.54) is 44.5 Å². The number of hydrogen-bond donors (Lipinski definition) is 0. The van der Waals surface area contributed by atoms with Crippen LogP contribution < -0.4 is 9.64 Å². The smallest absolute Gasteiger partial charge is 0.136 e. The normalized spacial score (nSPS) is 15.0. The number of para-hydroxylation sites is 3. The monoisotopic (exact) mass is 797 g/mol. The van der Waals surface area contributed by atoms with Crippen molar-refractivity contribution in [3.05, 3.63) is 245 Å². The summed E-state index contributed by atoms with van der Waals surface area (Å²) in [7, 11) is 0. The Kier molecular flexibility index (Phi) is 7.86. The van der Waals surface area contributed by atoms with Crippen LogP contribution in [0.1, 0.15) is 54.2 Å². The van der Waals surface area contributed by atoms with Gasteiger partial charge in [-0.25, -0.2) is 0 Å². The average Bonchev–Trinajstić information content (AvgIpc) is 3.90. The number of nitrogens with zero attached hydrogens (tertiary/aromatic N) is 1. The molecule has 9 aromatic rings. The van der Waals surface area contributed by atoms with Crippen molar-refractivity contribution in [2.24, 2.45) is 0 Å². The Hall–Kier alpha value is -7.62. The second-order valence-corrected chi connectivity index (χ2v) is 17.3. The first kappa shape index (κ1) is 36.2. The van der Waals surface area contributed by atoms with Gasteiger partial charge in [0, 0.05) is 44.3 Å². The van der Waals surface area contributed by atoms with E-state index in [1.54, 1.807) is 0 Å². The fourth-order valence-electron chi connectivity index (χ4n) is 10.8. The van der Waals surface area contributed by atoms with Crippen LogP contribution >= 0.6 is 0 Å². The number of fused-ring (bicyclic) bond motifs is 13. The molecule has 8 aromatic carbocycles. The molecule has 0 saturated heterocycles. The summed E-state index contributed by atoms with van der Waals surface area (Å²) in [4.78, 5) is 2.33. The molecule has 0 amide bonds. The van der Waals surface area contributed by atoms with E-state index in [0.29, 0.717) is 0 Å². The number of ether oxygens (including phenoxy) is 1. The maximum atomic E-state index is 6.88. The summed E-state index contributed by atoms with van der Waals surface area (Å²) in [6.45, 7) is 11.8. The van der Waals surface area contributed by atoms with Crippen molar-refractivity contribution in [3.8, 4) is 33.8 Å². The van der Waals surface area contributed by atoms with Crippen LogP contribution in [0.5, 0.6) is 11.5 Å². The number of anilines is 2. The van der Waals surface area contributed by atoms with Crippen LogP contribution in [0, 0.1) is 0 Å². The lowest BCUT2D eigenvalue weighted by atomic mass is 9.66. The lowest BCUT2D eigenvalue weighted by molar-refractivity contribution is 0.436. The lowest BCUT2D eigenvalue weighted by Crippen LogP contribution is -2.32. The molecular weight excluding hydrogens is 755 g/mol. The first-order valence-electron chi connectivity index (χ1n) is 21.4. The summed E-state index contributed by atoms with van der Waals surface area (Å²) in [6.07, 6.45) is 4.47. The Bertz CT molecular complexity index is 3370. The Morgan fingerprint density at radius 1 is 0.532 bits per heavy atom. The maximum absolute atomic E-state index is 6.88. The van der Waals surface area contributed by atoms with E-state index < -0.39 is 5.41 Å². The molecule has 3 heteroatoms. The van der Waals surface area contributed by atoms with Gasteiger partial charge in [0.05, 0.1) is 11.1 Å². The molecule has 1 aromatic heterocycles. The quantitative estimate of drug-likeness (QED) is 0.157. The predicted octanol–water partition coefficient (Wildman–Crippen LogP) is 15.7. The van der Waals surface area contributed by atoms with Crippen molar-refractivity contribution in [2.75, 3.05) is 4.90 Å². The molecule has 12 rings (SSSR count). The molecular formula is C59H43NO2. The highest BCUT2D eigenvalue weighted by molar-refractivity contribution is 6.13. The molecule has 0 bridgehead atoms. The summed E-state index contributed by atoms with van der Waals surface area (Å²) in [6, 6.07) is 65.2. The highest BCUT2D eigenvalue weighted by Gasteiger charge is 2.51. The first-order valence-corrected chi connectivity index (χ1v) is 21.4. The van der Waals surface area contributed by atoms with Crippen LogP contribution in [-0.2, 0) is 10.8 Å². The molecule has 1 spiro atoms. The fourth-order valence-corrected chi connectivity index (χ4v) is 10.8. The third kappa shape index (κ3) is 5.00. The van der Waals surface area contributed by atoms with Crippen molar-refractivity contribution in [1.82, 2.24) is 0 Å². The van der Waals surface area contributed by atoms with Crippen molar-refractivity contribution in [1.29, 1.82) is 0 Å². The molecule has 0 fully saturated rings. The van der Waals surface area contributed by atoms with Gasteiger partial charge in [-0.3, -0.25) is 0 Å². The number of hydrogen-bond acceptors (Lipinski definition) is 3. The minimum Gasteiger partial charge on any atom is -0.457 e. The molecule has 3 nitrogen and oxygen atoms in total. The Labute approximate surface area is 362 Å². The zero-order valence-corrected chi connectivity index (χ0v) is 34.9. The van der Waals surface area contributed by atoms with Crippen LogP contribution in [0.3, 0.4) is 0 Å². The van der Waals surface area contributed by atoms with E-state index in [0.717, 1.165) is 72.8 Å². The Balaban J connectivity index is 1.11. The van der Waals surface area contributed by atoms with E-state index in [4.69, 9.17) is 15.7 Å². The summed E-state index contributed by atoms with van der Waals surface area (Å²) in [5, 5.41) is 2.18. The van der Waals surface area contributed by atoms with E-state index >= 15 is 0 Å². The summed E-state index contributed by atoms with van der Waals surface area (Å²) >= 11 is 0. The predicted molar refractivity (Wildman–Crippen MR) is 255 cm³/mol. The van der Waals surface area contributed by atoms with Gasteiger partial charge < -0.3 is 14.1 Å². The molecule has 2 heterocycles. The van der Waals surface area contributed by atoms with Gasteiger partial charge in [-0.1, -0.05) is 172 Å². The number of furan rings is 1. The van der Waals surface area contributed by atoms with Gasteiger partial charge in [0.15, 0.2) is 0 Å². The topological polar surface area (TPSA) is 25.6 Å². The van der Waals surface area contributed by atoms with E-state index in [9.17, 15) is 0 Å². The van der Waals surface area contributed by atoms with Crippen LogP contribution in [-0.4, -0.2) is 0 Å². The molecule has 0 unspecified atom stereocenters. The van der Waals surface area contributed by atoms with Crippen molar-refractivity contribution < 1.29 is 9.15 Å². The van der Waals surface area contributed by atoms with E-state index in [1.807, 2.05) is 12.1 Å². The Morgan fingerprint density at radius 2 is 1.11 bits per heavy atom. The van der Waals surface area contributed by atoms with Gasteiger partial charge in [-0.15, -0.1) is 0 Å². The zero-order valence-electron chi connectivity index (χ0n) is 34.9. The van der Waals surface area contributed by atoms with Crippen molar-refractivity contribution >= 4 is 38.9 Å². The molecule has 0 N–H and O–H groups in total. The van der Waals surface area contributed by atoms with Crippen LogP contribution in [0.15, 0.2) is 216 Å². The van der Waals surface area contributed by atoms with E-state index in [-0.39, 0.29) is 5.41 Å². The first-order chi connectivity index (χ1) is 30.4. The molecule has 0 atom stereocenters. The van der Waals surface area contributed by atoms with Crippen LogP contribution in [0.25, 0.3) is 49.8 Å². The largest absolute Gasteiger partial charge is 0.457 e. The maximum Gasteiger partial charge on any atom is 0.136 e. The SMILES string of the molecule is C=C(/C=C\C1=C(C)C(C)(C)c2ccccc21)N(c1ccc2c(c1)C1(c3ccccc3O2)c2ccccc2-c2ccccc21)c1ccccc1-c1cccc2oc3ccccc3c12. The standard InChI is InChI=1S/C59H43NO2/c1-37(32-34-40-38(2)58(3,4)47-24-10-5-18-41(40)47)60(52-28-14-8-21-44(52)45-23-17-31-56-57(45)46-22-9-15-29-53(46)61-56)39-33-35-55-51(36-39)59(50-27-13-16-30-54(50)62-55)48-25-11-6-19-42(48)43-20-7-12-26-49(43)59/h5-36H,1H2,2-4H3/b34-32-. The third-order valence-electron chi connectivity index (χ3n) is 13.9. The summed E-state index contributed by atoms with van der Waals surface area (Å²) < 4.78 is 13.3. The lowest BCUT2D eigenvalue weighted by Gasteiger charge is -2.40. The van der Waals surface area contributed by atoms with Gasteiger partial charge in [0.25, 0.3) is 0 Å². The average molecular weight is 798 g/mol. The molecule has 0 radical (unpaired) electrons. The molecule has 62 heavy (non-hydrogen) atoms. The van der Waals surface area contributed by atoms with E-state index in [2.05, 4.69) is 208 Å². The van der Waals surface area contributed by atoms with Gasteiger partial charge in [-0.05, 0) is 100.0 Å². The third-order valence-corrected chi connectivity index (χ3v) is 13.9. The van der Waals surface area contributed by atoms with Gasteiger partial charge in [0.1, 0.15) is 22.7 Å². The molecule has 2 aliphatic carbocycles. The second-order valence-electron chi connectivity index (χ2n) is 17.3. The molecule has 1 aliphatic heterocycles. The van der Waals surface area contributed by atoms with Gasteiger partial charge in [0.2, 0.25) is 0 Å². The minimum absolute atomic E-state index is 0.0765. The van der Waals surface area contributed by atoms with Crippen molar-refractivity contribution in [3.63, 3.8) is 0 Å². The van der Waals surface area contributed by atoms with Gasteiger partial charge in [-0.2, -0.15) is 0 Å². The summed E-state index contributed by atoms with van der Waals surface area (Å²) in [5.41, 5.74) is 18.5. The zero-order chi connectivity index (χ0) is 41.7. The number of benzene rings is 8. The summed E-state index contributed by atoms with van der Waals surface area (Å²) in [5.74, 6) is 1.71.